The Morgan fingerprint density at radius 1 is 1.26 bits per heavy atom. The summed E-state index contributed by atoms with van der Waals surface area (Å²) in [6.07, 6.45) is 3.14. The van der Waals surface area contributed by atoms with Crippen molar-refractivity contribution >= 4 is 15.7 Å². The highest BCUT2D eigenvalue weighted by molar-refractivity contribution is 7.92. The molecule has 0 radical (unpaired) electrons. The first-order valence-corrected chi connectivity index (χ1v) is 9.72. The highest BCUT2D eigenvalue weighted by atomic mass is 32.2. The van der Waals surface area contributed by atoms with Crippen LogP contribution >= 0.6 is 0 Å². The molecule has 3 rings (SSSR count). The van der Waals surface area contributed by atoms with E-state index in [-0.39, 0.29) is 17.9 Å². The molecule has 1 aromatic heterocycles. The Morgan fingerprint density at radius 2 is 2.00 bits per heavy atom. The molecule has 1 aliphatic rings. The summed E-state index contributed by atoms with van der Waals surface area (Å²) in [6, 6.07) is 9.07. The summed E-state index contributed by atoms with van der Waals surface area (Å²) in [5.74, 6) is -0.254. The number of hydrogen-bond donors (Lipinski definition) is 4. The summed E-state index contributed by atoms with van der Waals surface area (Å²) in [4.78, 5) is 15.8. The minimum Gasteiger partial charge on any atom is -0.456 e. The fraction of sp³-hybridized carbons (Fsp3) is 0.294. The van der Waals surface area contributed by atoms with E-state index in [1.54, 1.807) is 18.3 Å². The molecular formula is C17H19N3O6S. The zero-order chi connectivity index (χ0) is 19.5. The third-order valence-corrected chi connectivity index (χ3v) is 6.71. The Bertz CT molecular complexity index is 904. The largest absolute Gasteiger partial charge is 0.456 e. The quantitative estimate of drug-likeness (QED) is 0.419. The Morgan fingerprint density at radius 3 is 2.63 bits per heavy atom. The molecule has 2 unspecified atom stereocenters. The van der Waals surface area contributed by atoms with Crippen molar-refractivity contribution in [2.24, 2.45) is 0 Å². The van der Waals surface area contributed by atoms with Crippen LogP contribution in [0.1, 0.15) is 6.42 Å². The average molecular weight is 393 g/mol. The molecule has 27 heavy (non-hydrogen) atoms. The number of aromatic nitrogens is 1. The van der Waals surface area contributed by atoms with Gasteiger partial charge in [-0.2, -0.15) is 0 Å². The molecule has 0 aliphatic carbocycles. The third-order valence-electron chi connectivity index (χ3n) is 4.40. The first kappa shape index (κ1) is 19.2. The molecule has 1 saturated heterocycles. The predicted octanol–water partition coefficient (Wildman–Crippen LogP) is 0.246. The number of benzene rings is 1. The summed E-state index contributed by atoms with van der Waals surface area (Å²) < 4.78 is 31.6. The maximum atomic E-state index is 13.0. The van der Waals surface area contributed by atoms with Crippen molar-refractivity contribution in [3.63, 3.8) is 0 Å². The van der Waals surface area contributed by atoms with E-state index >= 15 is 0 Å². The summed E-state index contributed by atoms with van der Waals surface area (Å²) in [5.41, 5.74) is -0.935. The molecule has 144 valence electrons. The second-order valence-corrected chi connectivity index (χ2v) is 8.26. The number of ether oxygens (including phenoxy) is 1. The normalized spacial score (nSPS) is 22.8. The smallest absolute Gasteiger partial charge is 0.277 e. The molecule has 2 atom stereocenters. The zero-order valence-electron chi connectivity index (χ0n) is 14.2. The topological polar surface area (TPSA) is 138 Å². The second-order valence-electron chi connectivity index (χ2n) is 6.13. The number of rotatable bonds is 5. The zero-order valence-corrected chi connectivity index (χ0v) is 15.0. The van der Waals surface area contributed by atoms with E-state index in [1.165, 1.54) is 35.9 Å². The van der Waals surface area contributed by atoms with E-state index in [9.17, 15) is 18.3 Å². The summed E-state index contributed by atoms with van der Waals surface area (Å²) in [5, 5.41) is 20.8. The molecule has 0 bridgehead atoms. The first-order chi connectivity index (χ1) is 12.9. The number of carbonyl (C=O) groups is 1. The van der Waals surface area contributed by atoms with E-state index in [1.807, 2.05) is 0 Å². The minimum atomic E-state index is -4.04. The Hall–Kier alpha value is -2.53. The van der Waals surface area contributed by atoms with Gasteiger partial charge in [0.2, 0.25) is 0 Å². The van der Waals surface area contributed by atoms with E-state index in [2.05, 4.69) is 10.3 Å². The van der Waals surface area contributed by atoms with Crippen LogP contribution in [0, 0.1) is 0 Å². The third kappa shape index (κ3) is 3.78. The lowest BCUT2D eigenvalue weighted by Crippen LogP contribution is -2.65. The minimum absolute atomic E-state index is 0.0141. The summed E-state index contributed by atoms with van der Waals surface area (Å²) >= 11 is 0. The number of amides is 1. The standard InChI is InChI=1S/C17H19N3O6S/c21-16(20-23)17(22)11-19-9-7-15(17)27(24,25)14-5-3-12(4-6-14)26-13-2-1-8-18-10-13/h1-6,8,10,15,19,22-23H,7,9,11H2,(H,20,21). The number of nitrogens with one attached hydrogen (secondary N) is 2. The van der Waals surface area contributed by atoms with Crippen LogP contribution in [0.5, 0.6) is 11.5 Å². The molecule has 1 aromatic carbocycles. The number of β-amino-alcohol motifs (C(OH)–C–C–N with tert-alkyl or cyclic N) is 1. The van der Waals surface area contributed by atoms with Gasteiger partial charge in [0.1, 0.15) is 16.7 Å². The number of carbonyl (C=O) groups excluding carboxylic acids is 1. The lowest BCUT2D eigenvalue weighted by Gasteiger charge is -2.37. The van der Waals surface area contributed by atoms with Crippen molar-refractivity contribution in [1.82, 2.24) is 15.8 Å². The number of pyridine rings is 1. The molecule has 4 N–H and O–H groups in total. The number of sulfone groups is 1. The van der Waals surface area contributed by atoms with Gasteiger partial charge in [0, 0.05) is 12.7 Å². The number of hydroxylamine groups is 1. The van der Waals surface area contributed by atoms with Gasteiger partial charge in [0.25, 0.3) is 5.91 Å². The van der Waals surface area contributed by atoms with Crippen molar-refractivity contribution in [1.29, 1.82) is 0 Å². The van der Waals surface area contributed by atoms with E-state index < -0.39 is 26.6 Å². The average Bonchev–Trinajstić information content (AvgIpc) is 2.68. The maximum absolute atomic E-state index is 13.0. The van der Waals surface area contributed by atoms with Crippen molar-refractivity contribution in [3.05, 3.63) is 48.8 Å². The fourth-order valence-corrected chi connectivity index (χ4v) is 4.98. The van der Waals surface area contributed by atoms with Gasteiger partial charge < -0.3 is 15.2 Å². The van der Waals surface area contributed by atoms with Gasteiger partial charge in [-0.1, -0.05) is 0 Å². The van der Waals surface area contributed by atoms with Crippen molar-refractivity contribution < 1.29 is 28.3 Å². The van der Waals surface area contributed by atoms with Crippen LogP contribution in [0.15, 0.2) is 53.7 Å². The SMILES string of the molecule is O=C(NO)C1(O)CNCCC1S(=O)(=O)c1ccc(Oc2cccnc2)cc1. The maximum Gasteiger partial charge on any atom is 0.277 e. The Balaban J connectivity index is 1.86. The van der Waals surface area contributed by atoms with Crippen LogP contribution in [0.25, 0.3) is 0 Å². The van der Waals surface area contributed by atoms with Crippen molar-refractivity contribution in [2.75, 3.05) is 13.1 Å². The van der Waals surface area contributed by atoms with Crippen LogP contribution in [-0.2, 0) is 14.6 Å². The van der Waals surface area contributed by atoms with Crippen molar-refractivity contribution in [2.45, 2.75) is 22.2 Å². The molecule has 2 heterocycles. The van der Waals surface area contributed by atoms with Gasteiger partial charge in [-0.15, -0.1) is 0 Å². The molecular weight excluding hydrogens is 374 g/mol. The first-order valence-electron chi connectivity index (χ1n) is 8.17. The number of piperidine rings is 1. The Kier molecular flexibility index (Phi) is 5.42. The highest BCUT2D eigenvalue weighted by Crippen LogP contribution is 2.31. The van der Waals surface area contributed by atoms with Gasteiger partial charge in [-0.3, -0.25) is 15.0 Å². The second kappa shape index (κ2) is 7.61. The summed E-state index contributed by atoms with van der Waals surface area (Å²) in [6.45, 7) is 0.0264. The van der Waals surface area contributed by atoms with Crippen LogP contribution in [0.3, 0.4) is 0 Å². The number of nitrogens with zero attached hydrogens (tertiary/aromatic N) is 1. The molecule has 2 aromatic rings. The molecule has 1 amide bonds. The molecule has 0 spiro atoms. The molecule has 10 heteroatoms. The highest BCUT2D eigenvalue weighted by Gasteiger charge is 2.52. The fourth-order valence-electron chi connectivity index (χ4n) is 3.01. The number of hydrogen-bond acceptors (Lipinski definition) is 8. The molecule has 1 fully saturated rings. The van der Waals surface area contributed by atoms with Gasteiger partial charge >= 0.3 is 0 Å². The van der Waals surface area contributed by atoms with Gasteiger partial charge in [-0.05, 0) is 49.4 Å². The Labute approximate surface area is 155 Å². The van der Waals surface area contributed by atoms with Gasteiger partial charge in [-0.25, -0.2) is 13.9 Å². The monoisotopic (exact) mass is 393 g/mol. The van der Waals surface area contributed by atoms with E-state index in [0.717, 1.165) is 0 Å². The predicted molar refractivity (Wildman–Crippen MR) is 94.1 cm³/mol. The van der Waals surface area contributed by atoms with Gasteiger partial charge in [0.05, 0.1) is 11.1 Å². The van der Waals surface area contributed by atoms with E-state index in [0.29, 0.717) is 18.0 Å². The van der Waals surface area contributed by atoms with Crippen LogP contribution in [0.2, 0.25) is 0 Å². The van der Waals surface area contributed by atoms with Crippen LogP contribution in [0.4, 0.5) is 0 Å². The number of aliphatic hydroxyl groups is 1. The van der Waals surface area contributed by atoms with Gasteiger partial charge in [0.15, 0.2) is 15.4 Å². The molecule has 9 nitrogen and oxygen atoms in total. The van der Waals surface area contributed by atoms with Crippen LogP contribution in [-0.4, -0.2) is 53.6 Å². The lowest BCUT2D eigenvalue weighted by atomic mass is 9.93. The molecule has 1 aliphatic heterocycles. The van der Waals surface area contributed by atoms with E-state index in [4.69, 9.17) is 9.94 Å². The van der Waals surface area contributed by atoms with Crippen LogP contribution < -0.4 is 15.5 Å². The lowest BCUT2D eigenvalue weighted by molar-refractivity contribution is -0.149. The molecule has 0 saturated carbocycles. The summed E-state index contributed by atoms with van der Waals surface area (Å²) in [7, 11) is -4.04. The van der Waals surface area contributed by atoms with Crippen molar-refractivity contribution in [3.8, 4) is 11.5 Å².